The van der Waals surface area contributed by atoms with Crippen molar-refractivity contribution < 1.29 is 31.6 Å². The topological polar surface area (TPSA) is 106 Å². The van der Waals surface area contributed by atoms with Crippen LogP contribution in [0.25, 0.3) is 0 Å². The molecule has 3 rings (SSSR count). The molecule has 29 heavy (non-hydrogen) atoms. The van der Waals surface area contributed by atoms with E-state index in [9.17, 15) is 26.9 Å². The van der Waals surface area contributed by atoms with Crippen molar-refractivity contribution in [3.8, 4) is 23.8 Å². The van der Waals surface area contributed by atoms with Gasteiger partial charge in [-0.15, -0.1) is 4.36 Å². The lowest BCUT2D eigenvalue weighted by atomic mass is 10.1. The van der Waals surface area contributed by atoms with E-state index in [1.165, 1.54) is 6.19 Å². The van der Waals surface area contributed by atoms with Crippen molar-refractivity contribution in [3.63, 3.8) is 0 Å². The molecule has 11 heteroatoms. The summed E-state index contributed by atoms with van der Waals surface area (Å²) in [5.41, 5.74) is -1.62. The van der Waals surface area contributed by atoms with E-state index in [4.69, 9.17) is 15.3 Å². The second-order valence-corrected chi connectivity index (χ2v) is 8.44. The number of aliphatic hydroxyl groups excluding tert-OH is 1. The van der Waals surface area contributed by atoms with Crippen molar-refractivity contribution >= 4 is 9.73 Å². The SMILES string of the molecule is C[S@@](=O)(=NC#N)c1ccc(Oc2cc(F)cc(C#N)c2)c2c1[C@H](O)C(F)(F)C2F. The number of nitriles is 2. The van der Waals surface area contributed by atoms with Crippen LogP contribution >= 0.6 is 0 Å². The lowest BCUT2D eigenvalue weighted by molar-refractivity contribution is -0.143. The molecule has 1 unspecified atom stereocenters. The average molecular weight is 425 g/mol. The lowest BCUT2D eigenvalue weighted by Gasteiger charge is -2.16. The van der Waals surface area contributed by atoms with Gasteiger partial charge in [-0.05, 0) is 24.3 Å². The molecule has 6 nitrogen and oxygen atoms in total. The molecule has 2 aromatic rings. The monoisotopic (exact) mass is 425 g/mol. The molecule has 0 fully saturated rings. The van der Waals surface area contributed by atoms with Crippen LogP contribution in [0.5, 0.6) is 11.5 Å². The van der Waals surface area contributed by atoms with Crippen LogP contribution in [0.15, 0.2) is 39.6 Å². The standard InChI is InChI=1S/C18H11F4N3O3S/c1-29(27,25-8-24)13-3-2-12(14-15(13)17(26)18(21,22)16(14)20)28-11-5-9(7-23)4-10(19)6-11/h2-6,16-17,26H,1H3/t16?,17-,29-/m0/s1. The second-order valence-electron chi connectivity index (χ2n) is 6.21. The summed E-state index contributed by atoms with van der Waals surface area (Å²) < 4.78 is 77.7. The number of ether oxygens (including phenoxy) is 1. The molecule has 0 saturated heterocycles. The number of hydrogen-bond acceptors (Lipinski definition) is 6. The maximum absolute atomic E-state index is 14.6. The fraction of sp³-hybridized carbons (Fsp3) is 0.222. The number of benzene rings is 2. The number of fused-ring (bicyclic) bond motifs is 1. The Morgan fingerprint density at radius 3 is 2.55 bits per heavy atom. The van der Waals surface area contributed by atoms with E-state index in [0.717, 1.165) is 36.6 Å². The first-order valence-corrected chi connectivity index (χ1v) is 9.80. The first kappa shape index (κ1) is 20.6. The zero-order chi connectivity index (χ0) is 21.6. The van der Waals surface area contributed by atoms with E-state index in [2.05, 4.69) is 4.36 Å². The summed E-state index contributed by atoms with van der Waals surface area (Å²) >= 11 is 0. The highest BCUT2D eigenvalue weighted by Crippen LogP contribution is 2.57. The van der Waals surface area contributed by atoms with Gasteiger partial charge in [-0.1, -0.05) is 0 Å². The first-order chi connectivity index (χ1) is 13.5. The van der Waals surface area contributed by atoms with Crippen LogP contribution < -0.4 is 4.74 Å². The van der Waals surface area contributed by atoms with Gasteiger partial charge in [-0.2, -0.15) is 19.3 Å². The molecule has 0 heterocycles. The summed E-state index contributed by atoms with van der Waals surface area (Å²) in [6.07, 6.45) is -3.41. The highest BCUT2D eigenvalue weighted by atomic mass is 32.2. The van der Waals surface area contributed by atoms with Gasteiger partial charge in [0.2, 0.25) is 6.19 Å². The van der Waals surface area contributed by atoms with Gasteiger partial charge in [0, 0.05) is 23.4 Å². The summed E-state index contributed by atoms with van der Waals surface area (Å²) in [7, 11) is -3.55. The van der Waals surface area contributed by atoms with E-state index < -0.39 is 55.5 Å². The second kappa shape index (κ2) is 7.03. The van der Waals surface area contributed by atoms with Crippen molar-refractivity contribution in [1.82, 2.24) is 0 Å². The minimum Gasteiger partial charge on any atom is -0.457 e. The Bertz CT molecular complexity index is 1210. The normalized spacial score (nSPS) is 21.4. The fourth-order valence-electron chi connectivity index (χ4n) is 3.02. The Labute approximate surface area is 162 Å². The van der Waals surface area contributed by atoms with E-state index in [1.807, 2.05) is 0 Å². The van der Waals surface area contributed by atoms with Gasteiger partial charge in [0.15, 0.2) is 6.17 Å². The van der Waals surface area contributed by atoms with Gasteiger partial charge in [0.1, 0.15) is 23.4 Å². The highest BCUT2D eigenvalue weighted by Gasteiger charge is 2.58. The zero-order valence-electron chi connectivity index (χ0n) is 14.6. The molecule has 3 atom stereocenters. The Kier molecular flexibility index (Phi) is 4.99. The van der Waals surface area contributed by atoms with Crippen molar-refractivity contribution in [2.45, 2.75) is 23.1 Å². The highest BCUT2D eigenvalue weighted by molar-refractivity contribution is 7.93. The van der Waals surface area contributed by atoms with Crippen LogP contribution in [-0.2, 0) is 9.73 Å². The molecule has 0 aromatic heterocycles. The maximum Gasteiger partial charge on any atom is 0.312 e. The van der Waals surface area contributed by atoms with Gasteiger partial charge < -0.3 is 9.84 Å². The predicted molar refractivity (Wildman–Crippen MR) is 91.8 cm³/mol. The molecule has 0 bridgehead atoms. The minimum absolute atomic E-state index is 0.125. The molecular weight excluding hydrogens is 414 g/mol. The quantitative estimate of drug-likeness (QED) is 0.588. The Balaban J connectivity index is 2.25. The number of aliphatic hydroxyl groups is 1. The zero-order valence-corrected chi connectivity index (χ0v) is 15.4. The molecular formula is C18H11F4N3O3S. The third-order valence-corrected chi connectivity index (χ3v) is 5.89. The van der Waals surface area contributed by atoms with Crippen molar-refractivity contribution in [2.24, 2.45) is 4.36 Å². The summed E-state index contributed by atoms with van der Waals surface area (Å²) in [5, 5.41) is 27.6. The third kappa shape index (κ3) is 3.39. The smallest absolute Gasteiger partial charge is 0.312 e. The predicted octanol–water partition coefficient (Wildman–Crippen LogP) is 4.12. The van der Waals surface area contributed by atoms with E-state index in [-0.39, 0.29) is 11.3 Å². The van der Waals surface area contributed by atoms with Gasteiger partial charge in [0.25, 0.3) is 0 Å². The Hall–Kier alpha value is -3.15. The van der Waals surface area contributed by atoms with E-state index in [0.29, 0.717) is 0 Å². The summed E-state index contributed by atoms with van der Waals surface area (Å²) in [6.45, 7) is 0. The number of alkyl halides is 3. The molecule has 1 N–H and O–H groups in total. The summed E-state index contributed by atoms with van der Waals surface area (Å²) in [4.78, 5) is -0.439. The molecule has 0 aliphatic heterocycles. The van der Waals surface area contributed by atoms with Crippen LogP contribution in [0, 0.1) is 28.6 Å². The fourth-order valence-corrected chi connectivity index (χ4v) is 4.23. The van der Waals surface area contributed by atoms with Gasteiger partial charge >= 0.3 is 5.92 Å². The number of rotatable bonds is 3. The summed E-state index contributed by atoms with van der Waals surface area (Å²) in [6, 6.07) is 6.57. The van der Waals surface area contributed by atoms with Gasteiger partial charge in [-0.3, -0.25) is 0 Å². The summed E-state index contributed by atoms with van der Waals surface area (Å²) in [5.74, 6) is -5.88. The Morgan fingerprint density at radius 2 is 1.93 bits per heavy atom. The van der Waals surface area contributed by atoms with E-state index >= 15 is 0 Å². The number of halogens is 4. The van der Waals surface area contributed by atoms with Crippen molar-refractivity contribution in [2.75, 3.05) is 6.26 Å². The lowest BCUT2D eigenvalue weighted by Crippen LogP contribution is -2.24. The molecule has 0 radical (unpaired) electrons. The molecule has 1 aliphatic rings. The molecule has 0 spiro atoms. The molecule has 150 valence electrons. The molecule has 2 aromatic carbocycles. The Morgan fingerprint density at radius 1 is 1.24 bits per heavy atom. The molecule has 0 saturated carbocycles. The van der Waals surface area contributed by atoms with Gasteiger partial charge in [0.05, 0.1) is 26.3 Å². The number of nitrogens with zero attached hydrogens (tertiary/aromatic N) is 3. The average Bonchev–Trinajstić information content (AvgIpc) is 2.82. The van der Waals surface area contributed by atoms with Crippen LogP contribution in [0.1, 0.15) is 29.0 Å². The van der Waals surface area contributed by atoms with E-state index in [1.54, 1.807) is 6.07 Å². The van der Waals surface area contributed by atoms with Crippen LogP contribution in [-0.4, -0.2) is 21.5 Å². The molecule has 0 amide bonds. The van der Waals surface area contributed by atoms with Crippen molar-refractivity contribution in [1.29, 1.82) is 10.5 Å². The minimum atomic E-state index is -4.27. The van der Waals surface area contributed by atoms with Crippen LogP contribution in [0.2, 0.25) is 0 Å². The van der Waals surface area contributed by atoms with Crippen molar-refractivity contribution in [3.05, 3.63) is 52.8 Å². The van der Waals surface area contributed by atoms with Crippen LogP contribution in [0.4, 0.5) is 17.6 Å². The van der Waals surface area contributed by atoms with Crippen LogP contribution in [0.3, 0.4) is 0 Å². The third-order valence-electron chi connectivity index (χ3n) is 4.29. The first-order valence-electron chi connectivity index (χ1n) is 7.88. The molecule has 1 aliphatic carbocycles. The maximum atomic E-state index is 14.6. The number of hydrogen-bond donors (Lipinski definition) is 1. The van der Waals surface area contributed by atoms with Gasteiger partial charge in [-0.25, -0.2) is 13.0 Å². The largest absolute Gasteiger partial charge is 0.457 e.